The van der Waals surface area contributed by atoms with E-state index in [0.29, 0.717) is 5.69 Å². The highest BCUT2D eigenvalue weighted by Gasteiger charge is 2.72. The van der Waals surface area contributed by atoms with Crippen LogP contribution in [-0.2, 0) is 14.1 Å². The van der Waals surface area contributed by atoms with E-state index in [4.69, 9.17) is 9.31 Å². The molecular weight excluding hydrogens is 450 g/mol. The van der Waals surface area contributed by atoms with E-state index in [2.05, 4.69) is 0 Å². The number of rotatable bonds is 7. The van der Waals surface area contributed by atoms with E-state index >= 15 is 0 Å². The van der Waals surface area contributed by atoms with Gasteiger partial charge in [0.05, 0.1) is 21.8 Å². The molecular formula is C25H27BN2O5P+. The molecule has 1 amide bonds. The van der Waals surface area contributed by atoms with Gasteiger partial charge in [-0.25, -0.2) is 0 Å². The second-order valence-electron chi connectivity index (χ2n) is 9.14. The van der Waals surface area contributed by atoms with Crippen molar-refractivity contribution in [1.82, 2.24) is 0 Å². The minimum atomic E-state index is -2.93. The van der Waals surface area contributed by atoms with Gasteiger partial charge in [0.2, 0.25) is 6.41 Å². The van der Waals surface area contributed by atoms with Gasteiger partial charge in [0.25, 0.3) is 5.69 Å². The molecule has 174 valence electrons. The first-order valence-corrected chi connectivity index (χ1v) is 12.8. The highest BCUT2D eigenvalue weighted by atomic mass is 31.2. The average molecular weight is 477 g/mol. The summed E-state index contributed by atoms with van der Waals surface area (Å²) in [5.41, 5.74) is -0.780. The molecule has 0 unspecified atom stereocenters. The lowest BCUT2D eigenvalue weighted by Crippen LogP contribution is -2.47. The van der Waals surface area contributed by atoms with Crippen molar-refractivity contribution >= 4 is 42.5 Å². The van der Waals surface area contributed by atoms with Crippen LogP contribution >= 0.6 is 7.29 Å². The van der Waals surface area contributed by atoms with Crippen LogP contribution in [0.3, 0.4) is 0 Å². The molecule has 1 aliphatic rings. The zero-order valence-electron chi connectivity index (χ0n) is 19.6. The highest BCUT2D eigenvalue weighted by molar-refractivity contribution is 8.14. The van der Waals surface area contributed by atoms with Crippen molar-refractivity contribution in [1.29, 1.82) is 0 Å². The number of carbonyl (C=O) groups excluding carboxylic acids is 1. The Bertz CT molecular complexity index is 1120. The zero-order valence-corrected chi connectivity index (χ0v) is 20.5. The van der Waals surface area contributed by atoms with Crippen LogP contribution in [0.5, 0.6) is 0 Å². The molecule has 0 aromatic heterocycles. The lowest BCUT2D eigenvalue weighted by Gasteiger charge is -2.35. The first kappa shape index (κ1) is 24.1. The van der Waals surface area contributed by atoms with Crippen LogP contribution in [0.4, 0.5) is 11.4 Å². The molecule has 3 aromatic rings. The number of amides is 1. The van der Waals surface area contributed by atoms with Gasteiger partial charge in [0.1, 0.15) is 10.6 Å². The predicted octanol–water partition coefficient (Wildman–Crippen LogP) is 4.73. The molecule has 0 saturated carbocycles. The first-order valence-electron chi connectivity index (χ1n) is 11.0. The Hall–Kier alpha value is -3.06. The number of non-ortho nitro benzene ring substituents is 1. The molecule has 0 atom stereocenters. The van der Waals surface area contributed by atoms with Crippen LogP contribution in [0.1, 0.15) is 27.7 Å². The fourth-order valence-corrected chi connectivity index (χ4v) is 8.28. The second-order valence-corrected chi connectivity index (χ2v) is 12.4. The van der Waals surface area contributed by atoms with Gasteiger partial charge in [-0.05, 0) is 64.1 Å². The van der Waals surface area contributed by atoms with Crippen molar-refractivity contribution in [2.75, 3.05) is 4.67 Å². The predicted molar refractivity (Wildman–Crippen MR) is 137 cm³/mol. The van der Waals surface area contributed by atoms with Crippen LogP contribution in [-0.4, -0.2) is 29.4 Å². The van der Waals surface area contributed by atoms with Gasteiger partial charge >= 0.3 is 6.84 Å². The maximum atomic E-state index is 12.9. The van der Waals surface area contributed by atoms with Gasteiger partial charge in [-0.1, -0.05) is 36.4 Å². The van der Waals surface area contributed by atoms with Gasteiger partial charge in [-0.3, -0.25) is 14.9 Å². The summed E-state index contributed by atoms with van der Waals surface area (Å²) >= 11 is 0. The van der Waals surface area contributed by atoms with Crippen molar-refractivity contribution < 1.29 is 19.0 Å². The van der Waals surface area contributed by atoms with Gasteiger partial charge in [-0.15, -0.1) is 0 Å². The van der Waals surface area contributed by atoms with Crippen LogP contribution in [0.25, 0.3) is 0 Å². The van der Waals surface area contributed by atoms with E-state index < -0.39 is 30.3 Å². The Morgan fingerprint density at radius 2 is 1.26 bits per heavy atom. The summed E-state index contributed by atoms with van der Waals surface area (Å²) in [5, 5.41) is 13.0. The number of nitro benzene ring substituents is 1. The molecule has 1 fully saturated rings. The Morgan fingerprint density at radius 1 is 0.824 bits per heavy atom. The number of anilines is 1. The normalized spacial score (nSPS) is 16.8. The number of nitro groups is 1. The molecule has 34 heavy (non-hydrogen) atoms. The lowest BCUT2D eigenvalue weighted by molar-refractivity contribution is -0.384. The lowest BCUT2D eigenvalue weighted by atomic mass is 9.90. The summed E-state index contributed by atoms with van der Waals surface area (Å²) in [6.07, 6.45) is 0.778. The minimum absolute atomic E-state index is 0.0476. The van der Waals surface area contributed by atoms with Crippen molar-refractivity contribution in [3.8, 4) is 0 Å². The molecule has 0 bridgehead atoms. The Morgan fingerprint density at radius 3 is 1.65 bits per heavy atom. The third-order valence-electron chi connectivity index (χ3n) is 6.61. The van der Waals surface area contributed by atoms with E-state index in [-0.39, 0.29) is 5.69 Å². The highest BCUT2D eigenvalue weighted by Crippen LogP contribution is 2.66. The third kappa shape index (κ3) is 3.92. The molecule has 1 saturated heterocycles. The van der Waals surface area contributed by atoms with E-state index in [1.165, 1.54) is 12.1 Å². The molecule has 0 radical (unpaired) electrons. The Kier molecular flexibility index (Phi) is 6.34. The SMILES string of the molecule is CC1(C)OB([P+](c2ccccc2)(c2ccccc2)N(C=O)c2ccc([N+](=O)[O-])cc2)OC1(C)C. The minimum Gasteiger partial charge on any atom is -0.365 e. The van der Waals surface area contributed by atoms with Crippen molar-refractivity contribution in [3.63, 3.8) is 0 Å². The summed E-state index contributed by atoms with van der Waals surface area (Å²) in [6.45, 7) is 7.16. The van der Waals surface area contributed by atoms with E-state index in [1.54, 1.807) is 16.8 Å². The molecule has 1 aliphatic heterocycles. The Labute approximate surface area is 200 Å². The molecule has 3 aromatic carbocycles. The molecule has 7 nitrogen and oxygen atoms in total. The van der Waals surface area contributed by atoms with Crippen LogP contribution in [0.2, 0.25) is 0 Å². The van der Waals surface area contributed by atoms with Crippen molar-refractivity contribution in [2.45, 2.75) is 38.9 Å². The molecule has 0 aliphatic carbocycles. The first-order chi connectivity index (χ1) is 16.1. The van der Waals surface area contributed by atoms with Gasteiger partial charge in [-0.2, -0.15) is 4.67 Å². The van der Waals surface area contributed by atoms with Gasteiger partial charge < -0.3 is 9.31 Å². The zero-order chi connectivity index (χ0) is 24.6. The maximum Gasteiger partial charge on any atom is 0.706 e. The average Bonchev–Trinajstić information content (AvgIpc) is 3.05. The summed E-state index contributed by atoms with van der Waals surface area (Å²) in [6, 6.07) is 25.5. The van der Waals surface area contributed by atoms with Crippen LogP contribution < -0.4 is 15.3 Å². The summed E-state index contributed by atoms with van der Waals surface area (Å²) in [4.78, 5) is 23.7. The second kappa shape index (κ2) is 8.95. The van der Waals surface area contributed by atoms with E-state index in [1.807, 2.05) is 88.4 Å². The molecule has 0 spiro atoms. The molecule has 1 heterocycles. The third-order valence-corrected chi connectivity index (χ3v) is 10.6. The summed E-state index contributed by atoms with van der Waals surface area (Å²) < 4.78 is 14.9. The quantitative estimate of drug-likeness (QED) is 0.162. The molecule has 4 rings (SSSR count). The van der Waals surface area contributed by atoms with Crippen molar-refractivity contribution in [3.05, 3.63) is 95.0 Å². The van der Waals surface area contributed by atoms with Gasteiger partial charge in [0, 0.05) is 12.1 Å². The number of benzene rings is 3. The standard InChI is InChI=1S/C25H27BN2O5P/c1-24(2)25(3,4)33-26(32-24)34(22-11-7-5-8-12-22,23-13-9-6-10-14-23)27(19-29)20-15-17-21(18-16-20)28(30)31/h5-19H,1-4H3/q+1. The van der Waals surface area contributed by atoms with Crippen molar-refractivity contribution in [2.24, 2.45) is 0 Å². The van der Waals surface area contributed by atoms with Crippen LogP contribution in [0, 0.1) is 10.1 Å². The monoisotopic (exact) mass is 477 g/mol. The van der Waals surface area contributed by atoms with E-state index in [0.717, 1.165) is 17.0 Å². The molecule has 9 heteroatoms. The number of hydrogen-bond acceptors (Lipinski definition) is 5. The fraction of sp³-hybridized carbons (Fsp3) is 0.240. The largest absolute Gasteiger partial charge is 0.706 e. The molecule has 0 N–H and O–H groups in total. The topological polar surface area (TPSA) is 81.9 Å². The number of hydrogen-bond donors (Lipinski definition) is 0. The van der Waals surface area contributed by atoms with Gasteiger partial charge in [0.15, 0.2) is 7.29 Å². The van der Waals surface area contributed by atoms with E-state index in [9.17, 15) is 14.9 Å². The maximum absolute atomic E-state index is 12.9. The summed E-state index contributed by atoms with van der Waals surface area (Å²) in [7, 11) is -2.93. The summed E-state index contributed by atoms with van der Waals surface area (Å²) in [5.74, 6) is 0. The fourth-order valence-electron chi connectivity index (χ4n) is 4.06. The Balaban J connectivity index is 2.02. The number of carbonyl (C=O) groups is 1. The van der Waals surface area contributed by atoms with Crippen LogP contribution in [0.15, 0.2) is 84.9 Å². The number of nitrogens with zero attached hydrogens (tertiary/aromatic N) is 2. The smallest absolute Gasteiger partial charge is 0.365 e.